The summed E-state index contributed by atoms with van der Waals surface area (Å²) in [6.07, 6.45) is 11.3. The Morgan fingerprint density at radius 1 is 1.30 bits per heavy atom. The number of fused-ring (bicyclic) bond motifs is 1. The molecule has 2 aromatic heterocycles. The molecule has 27 heavy (non-hydrogen) atoms. The molecule has 0 saturated carbocycles. The fourth-order valence-electron chi connectivity index (χ4n) is 2.61. The molecule has 0 bridgehead atoms. The van der Waals surface area contributed by atoms with Crippen LogP contribution in [-0.2, 0) is 11.3 Å². The summed E-state index contributed by atoms with van der Waals surface area (Å²) < 4.78 is 8.41. The van der Waals surface area contributed by atoms with Crippen LogP contribution in [0, 0.1) is 0 Å². The van der Waals surface area contributed by atoms with E-state index in [0.29, 0.717) is 23.2 Å². The van der Waals surface area contributed by atoms with Crippen molar-refractivity contribution in [3.8, 4) is 5.75 Å². The number of hydrogen-bond acceptors (Lipinski definition) is 5. The van der Waals surface area contributed by atoms with Crippen LogP contribution in [-0.4, -0.2) is 38.7 Å². The average molecular weight is 367 g/mol. The fourth-order valence-corrected chi connectivity index (χ4v) is 2.61. The van der Waals surface area contributed by atoms with E-state index in [4.69, 9.17) is 4.74 Å². The standard InChI is InChI=1S/C19H21N5O3/c1-27-15-4-5-17-16(12-15)19(26)24(14-22-17)10-6-18(25)21-7-2-3-9-23-11-8-20-13-23/h4-6,8,10-14H,2-3,7,9H2,1H3,(H,21,25). The van der Waals surface area contributed by atoms with Gasteiger partial charge in [0, 0.05) is 37.8 Å². The summed E-state index contributed by atoms with van der Waals surface area (Å²) in [6.45, 7) is 1.44. The van der Waals surface area contributed by atoms with Gasteiger partial charge in [-0.3, -0.25) is 14.2 Å². The van der Waals surface area contributed by atoms with E-state index in [9.17, 15) is 9.59 Å². The summed E-state index contributed by atoms with van der Waals surface area (Å²) in [5.74, 6) is 0.326. The predicted octanol–water partition coefficient (Wildman–Crippen LogP) is 1.67. The highest BCUT2D eigenvalue weighted by Crippen LogP contribution is 2.15. The highest BCUT2D eigenvalue weighted by Gasteiger charge is 2.04. The molecule has 1 N–H and O–H groups in total. The lowest BCUT2D eigenvalue weighted by Crippen LogP contribution is -2.23. The van der Waals surface area contributed by atoms with Gasteiger partial charge in [-0.05, 0) is 31.0 Å². The normalized spacial score (nSPS) is 11.1. The molecule has 0 radical (unpaired) electrons. The Labute approximate surface area is 156 Å². The molecule has 8 nitrogen and oxygen atoms in total. The number of carbonyl (C=O) groups excluding carboxylic acids is 1. The van der Waals surface area contributed by atoms with Gasteiger partial charge in [0.2, 0.25) is 5.91 Å². The Morgan fingerprint density at radius 3 is 2.96 bits per heavy atom. The predicted molar refractivity (Wildman–Crippen MR) is 102 cm³/mol. The summed E-state index contributed by atoms with van der Waals surface area (Å²) in [6, 6.07) is 5.10. The van der Waals surface area contributed by atoms with Crippen molar-refractivity contribution >= 4 is 23.0 Å². The van der Waals surface area contributed by atoms with Gasteiger partial charge in [-0.1, -0.05) is 0 Å². The summed E-state index contributed by atoms with van der Waals surface area (Å²) in [5, 5.41) is 3.23. The van der Waals surface area contributed by atoms with E-state index >= 15 is 0 Å². The Morgan fingerprint density at radius 2 is 2.19 bits per heavy atom. The number of methoxy groups -OCH3 is 1. The highest BCUT2D eigenvalue weighted by molar-refractivity contribution is 5.90. The second-order valence-corrected chi connectivity index (χ2v) is 5.95. The van der Waals surface area contributed by atoms with Crippen molar-refractivity contribution in [2.24, 2.45) is 0 Å². The molecule has 3 rings (SSSR count). The third kappa shape index (κ3) is 4.81. The van der Waals surface area contributed by atoms with Crippen LogP contribution < -0.4 is 15.6 Å². The molecule has 0 fully saturated rings. The van der Waals surface area contributed by atoms with Crippen LogP contribution >= 0.6 is 0 Å². The number of hydrogen-bond donors (Lipinski definition) is 1. The second kappa shape index (κ2) is 8.79. The summed E-state index contributed by atoms with van der Waals surface area (Å²) >= 11 is 0. The van der Waals surface area contributed by atoms with Crippen molar-refractivity contribution < 1.29 is 9.53 Å². The maximum Gasteiger partial charge on any atom is 0.265 e. The first-order valence-corrected chi connectivity index (χ1v) is 8.64. The van der Waals surface area contributed by atoms with Crippen molar-refractivity contribution in [3.05, 3.63) is 59.7 Å². The highest BCUT2D eigenvalue weighted by atomic mass is 16.5. The Hall–Kier alpha value is -3.42. The van der Waals surface area contributed by atoms with E-state index in [0.717, 1.165) is 19.4 Å². The van der Waals surface area contributed by atoms with Gasteiger partial charge in [0.15, 0.2) is 0 Å². The van der Waals surface area contributed by atoms with Crippen LogP contribution in [0.4, 0.5) is 0 Å². The Balaban J connectivity index is 1.54. The second-order valence-electron chi connectivity index (χ2n) is 5.95. The third-order valence-electron chi connectivity index (χ3n) is 4.08. The van der Waals surface area contributed by atoms with Crippen molar-refractivity contribution in [3.63, 3.8) is 0 Å². The van der Waals surface area contributed by atoms with Gasteiger partial charge in [-0.15, -0.1) is 0 Å². The number of imidazole rings is 1. The van der Waals surface area contributed by atoms with Gasteiger partial charge in [-0.2, -0.15) is 0 Å². The first kappa shape index (κ1) is 18.4. The number of nitrogens with one attached hydrogen (secondary N) is 1. The number of unbranched alkanes of at least 4 members (excludes halogenated alkanes) is 1. The summed E-state index contributed by atoms with van der Waals surface area (Å²) in [4.78, 5) is 32.6. The van der Waals surface area contributed by atoms with Crippen LogP contribution in [0.1, 0.15) is 12.8 Å². The lowest BCUT2D eigenvalue weighted by atomic mass is 10.2. The van der Waals surface area contributed by atoms with Gasteiger partial charge in [0.1, 0.15) is 12.1 Å². The number of rotatable bonds is 8. The van der Waals surface area contributed by atoms with E-state index in [1.54, 1.807) is 30.7 Å². The van der Waals surface area contributed by atoms with Crippen LogP contribution in [0.25, 0.3) is 17.1 Å². The minimum absolute atomic E-state index is 0.254. The fraction of sp³-hybridized carbons (Fsp3) is 0.263. The third-order valence-corrected chi connectivity index (χ3v) is 4.08. The first-order chi connectivity index (χ1) is 13.2. The molecule has 0 unspecified atom stereocenters. The Bertz CT molecular complexity index is 992. The van der Waals surface area contributed by atoms with Crippen molar-refractivity contribution in [1.29, 1.82) is 0 Å². The smallest absolute Gasteiger partial charge is 0.265 e. The molecular weight excluding hydrogens is 346 g/mol. The average Bonchev–Trinajstić information content (AvgIpc) is 3.20. The molecule has 140 valence electrons. The molecule has 1 aromatic carbocycles. The van der Waals surface area contributed by atoms with E-state index in [1.807, 2.05) is 10.8 Å². The molecule has 3 aromatic rings. The monoisotopic (exact) mass is 367 g/mol. The number of ether oxygens (including phenoxy) is 1. The van der Waals surface area contributed by atoms with Gasteiger partial charge in [0.25, 0.3) is 5.56 Å². The molecule has 0 spiro atoms. The molecule has 8 heteroatoms. The minimum atomic E-state index is -0.261. The maximum absolute atomic E-state index is 12.5. The molecule has 0 atom stereocenters. The zero-order chi connectivity index (χ0) is 19.1. The quantitative estimate of drug-likeness (QED) is 0.483. The number of nitrogens with zero attached hydrogens (tertiary/aromatic N) is 4. The number of benzene rings is 1. The van der Waals surface area contributed by atoms with Crippen LogP contribution in [0.2, 0.25) is 0 Å². The lowest BCUT2D eigenvalue weighted by molar-refractivity contribution is -0.116. The molecular formula is C19H21N5O3. The number of aryl methyl sites for hydroxylation is 1. The minimum Gasteiger partial charge on any atom is -0.497 e. The lowest BCUT2D eigenvalue weighted by Gasteiger charge is -2.05. The number of aromatic nitrogens is 4. The van der Waals surface area contributed by atoms with Crippen LogP contribution in [0.3, 0.4) is 0 Å². The zero-order valence-electron chi connectivity index (χ0n) is 15.0. The molecule has 0 aliphatic carbocycles. The summed E-state index contributed by atoms with van der Waals surface area (Å²) in [7, 11) is 1.54. The van der Waals surface area contributed by atoms with Gasteiger partial charge < -0.3 is 14.6 Å². The van der Waals surface area contributed by atoms with Crippen molar-refractivity contribution in [2.75, 3.05) is 13.7 Å². The summed E-state index contributed by atoms with van der Waals surface area (Å²) in [5.41, 5.74) is 0.316. The van der Waals surface area contributed by atoms with Crippen molar-refractivity contribution in [2.45, 2.75) is 19.4 Å². The Kier molecular flexibility index (Phi) is 5.98. The van der Waals surface area contributed by atoms with E-state index in [-0.39, 0.29) is 11.5 Å². The molecule has 0 aliphatic rings. The van der Waals surface area contributed by atoms with E-state index in [1.165, 1.54) is 30.3 Å². The van der Waals surface area contributed by atoms with Crippen LogP contribution in [0.15, 0.2) is 54.1 Å². The van der Waals surface area contributed by atoms with Gasteiger partial charge in [-0.25, -0.2) is 9.97 Å². The zero-order valence-corrected chi connectivity index (χ0v) is 15.0. The number of amides is 1. The molecule has 1 amide bonds. The van der Waals surface area contributed by atoms with Gasteiger partial charge in [0.05, 0.1) is 24.3 Å². The van der Waals surface area contributed by atoms with Gasteiger partial charge >= 0.3 is 0 Å². The molecule has 2 heterocycles. The molecule has 0 saturated heterocycles. The van der Waals surface area contributed by atoms with Crippen molar-refractivity contribution in [1.82, 2.24) is 24.4 Å². The van der Waals surface area contributed by atoms with Crippen LogP contribution in [0.5, 0.6) is 5.75 Å². The first-order valence-electron chi connectivity index (χ1n) is 8.64. The van der Waals surface area contributed by atoms with E-state index in [2.05, 4.69) is 15.3 Å². The SMILES string of the molecule is COc1ccc2ncn(C=CC(=O)NCCCCn3ccnc3)c(=O)c2c1. The largest absolute Gasteiger partial charge is 0.497 e. The molecule has 0 aliphatic heterocycles. The topological polar surface area (TPSA) is 91.0 Å². The number of carbonyl (C=O) groups is 1. The van der Waals surface area contributed by atoms with E-state index < -0.39 is 0 Å². The maximum atomic E-state index is 12.5.